The van der Waals surface area contributed by atoms with E-state index in [4.69, 9.17) is 11.0 Å². The summed E-state index contributed by atoms with van der Waals surface area (Å²) in [5, 5.41) is 10.1. The Morgan fingerprint density at radius 1 is 1.45 bits per heavy atom. The molecular weight excluding hydrogens is 270 g/mol. The van der Waals surface area contributed by atoms with Crippen molar-refractivity contribution in [3.63, 3.8) is 0 Å². The Labute approximate surface area is 120 Å². The molecule has 2 aromatic heterocycles. The molecule has 0 saturated carbocycles. The van der Waals surface area contributed by atoms with Crippen molar-refractivity contribution >= 4 is 28.3 Å². The summed E-state index contributed by atoms with van der Waals surface area (Å²) in [6, 6.07) is 7.66. The normalized spacial score (nSPS) is 12.4. The van der Waals surface area contributed by atoms with Crippen LogP contribution in [0.1, 0.15) is 28.4 Å². The highest BCUT2D eigenvalue weighted by Crippen LogP contribution is 2.30. The fourth-order valence-electron chi connectivity index (χ4n) is 2.31. The lowest BCUT2D eigenvalue weighted by atomic mass is 10.2. The van der Waals surface area contributed by atoms with E-state index in [1.165, 1.54) is 0 Å². The number of para-hydroxylation sites is 1. The maximum atomic E-state index is 9.14. The summed E-state index contributed by atoms with van der Waals surface area (Å²) in [7, 11) is 0. The second-order valence-electron chi connectivity index (χ2n) is 4.61. The number of nitrogens with zero attached hydrogens (tertiary/aromatic N) is 4. The van der Waals surface area contributed by atoms with Crippen molar-refractivity contribution in [2.45, 2.75) is 19.9 Å². The molecule has 0 aliphatic rings. The van der Waals surface area contributed by atoms with Crippen LogP contribution in [-0.4, -0.2) is 14.5 Å². The van der Waals surface area contributed by atoms with Crippen LogP contribution in [0.5, 0.6) is 0 Å². The summed E-state index contributed by atoms with van der Waals surface area (Å²) >= 11 is 1.64. The minimum absolute atomic E-state index is 0.00681. The lowest BCUT2D eigenvalue weighted by Gasteiger charge is -2.13. The van der Waals surface area contributed by atoms with E-state index in [2.05, 4.69) is 16.0 Å². The number of fused-ring (bicyclic) bond motifs is 1. The van der Waals surface area contributed by atoms with Crippen molar-refractivity contribution in [2.75, 3.05) is 5.73 Å². The number of hydrogen-bond acceptors (Lipinski definition) is 5. The van der Waals surface area contributed by atoms with Crippen LogP contribution in [-0.2, 0) is 0 Å². The molecule has 2 heterocycles. The van der Waals surface area contributed by atoms with Gasteiger partial charge < -0.3 is 10.3 Å². The van der Waals surface area contributed by atoms with E-state index < -0.39 is 0 Å². The number of aryl methyl sites for hydroxylation is 1. The van der Waals surface area contributed by atoms with Gasteiger partial charge in [0.2, 0.25) is 5.95 Å². The first kappa shape index (κ1) is 12.6. The number of nitrogens with two attached hydrogens (primary N) is 1. The molecule has 20 heavy (non-hydrogen) atoms. The molecule has 2 N–H and O–H groups in total. The van der Waals surface area contributed by atoms with E-state index in [1.807, 2.05) is 36.7 Å². The van der Waals surface area contributed by atoms with Gasteiger partial charge >= 0.3 is 0 Å². The average Bonchev–Trinajstić information content (AvgIpc) is 3.00. The molecule has 0 spiro atoms. The molecule has 0 fully saturated rings. The summed E-state index contributed by atoms with van der Waals surface area (Å²) in [6.07, 6.45) is 1.85. The molecule has 0 amide bonds. The maximum absolute atomic E-state index is 9.14. The zero-order valence-electron chi connectivity index (χ0n) is 11.2. The van der Waals surface area contributed by atoms with Gasteiger partial charge in [0.1, 0.15) is 16.6 Å². The highest BCUT2D eigenvalue weighted by atomic mass is 32.1. The van der Waals surface area contributed by atoms with Crippen LogP contribution in [0.4, 0.5) is 5.95 Å². The van der Waals surface area contributed by atoms with E-state index in [0.717, 1.165) is 15.4 Å². The number of anilines is 1. The summed E-state index contributed by atoms with van der Waals surface area (Å²) in [4.78, 5) is 9.90. The van der Waals surface area contributed by atoms with Crippen molar-refractivity contribution < 1.29 is 0 Å². The lowest BCUT2D eigenvalue weighted by Crippen LogP contribution is -2.09. The summed E-state index contributed by atoms with van der Waals surface area (Å²) in [6.45, 7) is 4.06. The number of rotatable bonds is 2. The molecule has 3 rings (SSSR count). The topological polar surface area (TPSA) is 80.5 Å². The lowest BCUT2D eigenvalue weighted by molar-refractivity contribution is 0.662. The number of aromatic nitrogens is 3. The molecule has 0 bridgehead atoms. The van der Waals surface area contributed by atoms with Gasteiger partial charge in [-0.15, -0.1) is 11.3 Å². The largest absolute Gasteiger partial charge is 0.369 e. The molecule has 1 aromatic carbocycles. The fourth-order valence-corrected chi connectivity index (χ4v) is 3.12. The van der Waals surface area contributed by atoms with E-state index >= 15 is 0 Å². The first-order valence-corrected chi connectivity index (χ1v) is 7.02. The van der Waals surface area contributed by atoms with Gasteiger partial charge in [-0.3, -0.25) is 0 Å². The Morgan fingerprint density at radius 2 is 2.25 bits per heavy atom. The molecule has 1 atom stereocenters. The third-order valence-corrected chi connectivity index (χ3v) is 4.33. The maximum Gasteiger partial charge on any atom is 0.201 e. The molecule has 0 aliphatic heterocycles. The number of hydrogen-bond donors (Lipinski definition) is 1. The van der Waals surface area contributed by atoms with Gasteiger partial charge in [-0.2, -0.15) is 5.26 Å². The Bertz CT molecular complexity index is 824. The Hall–Kier alpha value is -2.39. The molecule has 5 nitrogen and oxygen atoms in total. The second kappa shape index (κ2) is 4.62. The zero-order valence-corrected chi connectivity index (χ0v) is 12.0. The third kappa shape index (κ3) is 1.84. The van der Waals surface area contributed by atoms with Crippen LogP contribution in [0.3, 0.4) is 0 Å². The average molecular weight is 283 g/mol. The number of imidazole rings is 1. The molecule has 0 saturated heterocycles. The van der Waals surface area contributed by atoms with Gasteiger partial charge in [-0.1, -0.05) is 6.07 Å². The summed E-state index contributed by atoms with van der Waals surface area (Å²) in [5.41, 5.74) is 8.09. The van der Waals surface area contributed by atoms with Crippen LogP contribution >= 0.6 is 11.3 Å². The van der Waals surface area contributed by atoms with Crippen LogP contribution in [0.25, 0.3) is 11.0 Å². The van der Waals surface area contributed by atoms with E-state index in [9.17, 15) is 0 Å². The van der Waals surface area contributed by atoms with Crippen molar-refractivity contribution in [1.29, 1.82) is 5.26 Å². The third-order valence-electron chi connectivity index (χ3n) is 3.25. The van der Waals surface area contributed by atoms with E-state index in [1.54, 1.807) is 17.4 Å². The smallest absolute Gasteiger partial charge is 0.201 e. The first-order valence-electron chi connectivity index (χ1n) is 6.20. The molecule has 0 radical (unpaired) electrons. The predicted octanol–water partition coefficient (Wildman–Crippen LogP) is 2.86. The number of nitriles is 1. The van der Waals surface area contributed by atoms with E-state index in [0.29, 0.717) is 17.0 Å². The Kier molecular flexibility index (Phi) is 2.92. The Balaban J connectivity index is 2.21. The first-order chi connectivity index (χ1) is 9.61. The van der Waals surface area contributed by atoms with E-state index in [-0.39, 0.29) is 6.04 Å². The number of benzene rings is 1. The van der Waals surface area contributed by atoms with Gasteiger partial charge in [0, 0.05) is 11.1 Å². The minimum atomic E-state index is -0.00681. The monoisotopic (exact) mass is 283 g/mol. The predicted molar refractivity (Wildman–Crippen MR) is 79.5 cm³/mol. The highest BCUT2D eigenvalue weighted by molar-refractivity contribution is 7.11. The number of nitrogen functional groups attached to an aromatic ring is 1. The van der Waals surface area contributed by atoms with Crippen molar-refractivity contribution in [2.24, 2.45) is 0 Å². The molecule has 0 aliphatic carbocycles. The highest BCUT2D eigenvalue weighted by Gasteiger charge is 2.19. The summed E-state index contributed by atoms with van der Waals surface area (Å²) < 4.78 is 1.93. The fraction of sp³-hybridized carbons (Fsp3) is 0.214. The molecule has 3 aromatic rings. The van der Waals surface area contributed by atoms with Crippen LogP contribution in [0.2, 0.25) is 0 Å². The minimum Gasteiger partial charge on any atom is -0.369 e. The van der Waals surface area contributed by atoms with Gasteiger partial charge in [0.15, 0.2) is 0 Å². The molecule has 100 valence electrons. The summed E-state index contributed by atoms with van der Waals surface area (Å²) in [5.74, 6) is 0.406. The molecule has 1 unspecified atom stereocenters. The van der Waals surface area contributed by atoms with Crippen LogP contribution in [0, 0.1) is 18.3 Å². The van der Waals surface area contributed by atoms with Gasteiger partial charge in [-0.25, -0.2) is 9.97 Å². The van der Waals surface area contributed by atoms with Crippen LogP contribution < -0.4 is 5.73 Å². The Morgan fingerprint density at radius 3 is 2.90 bits per heavy atom. The zero-order chi connectivity index (χ0) is 14.3. The van der Waals surface area contributed by atoms with Gasteiger partial charge in [-0.05, 0) is 26.0 Å². The quantitative estimate of drug-likeness (QED) is 0.784. The van der Waals surface area contributed by atoms with Crippen molar-refractivity contribution in [3.05, 3.63) is 39.8 Å². The van der Waals surface area contributed by atoms with Gasteiger partial charge in [0.25, 0.3) is 0 Å². The molecular formula is C14H13N5S. The van der Waals surface area contributed by atoms with Gasteiger partial charge in [0.05, 0.1) is 17.1 Å². The standard InChI is InChI=1S/C14H13N5S/c1-8-7-17-13(20-8)9(2)19-11-5-3-4-10(6-15)12(11)18-14(19)16/h3-5,7,9H,1-2H3,(H2,16,18). The second-order valence-corrected chi connectivity index (χ2v) is 5.88. The number of thiazole rings is 1. The van der Waals surface area contributed by atoms with Crippen molar-refractivity contribution in [1.82, 2.24) is 14.5 Å². The van der Waals surface area contributed by atoms with Crippen molar-refractivity contribution in [3.8, 4) is 6.07 Å². The molecule has 6 heteroatoms. The van der Waals surface area contributed by atoms with Crippen LogP contribution in [0.15, 0.2) is 24.4 Å². The SMILES string of the molecule is Cc1cnc(C(C)n2c(N)nc3c(C#N)cccc32)s1.